The fourth-order valence-electron chi connectivity index (χ4n) is 3.81. The Balaban J connectivity index is 1.39. The van der Waals surface area contributed by atoms with Crippen molar-refractivity contribution in [2.24, 2.45) is 0 Å². The molecule has 0 aliphatic carbocycles. The Morgan fingerprint density at radius 3 is 2.47 bits per heavy atom. The highest BCUT2D eigenvalue weighted by Crippen LogP contribution is 2.28. The van der Waals surface area contributed by atoms with Crippen molar-refractivity contribution in [1.29, 1.82) is 0 Å². The number of aromatic amines is 1. The van der Waals surface area contributed by atoms with E-state index in [2.05, 4.69) is 15.3 Å². The summed E-state index contributed by atoms with van der Waals surface area (Å²) >= 11 is 0. The van der Waals surface area contributed by atoms with Gasteiger partial charge in [0.1, 0.15) is 17.1 Å². The number of imidazole rings is 1. The second-order valence-corrected chi connectivity index (χ2v) is 7.21. The maximum atomic E-state index is 12.9. The third-order valence-electron chi connectivity index (χ3n) is 5.44. The summed E-state index contributed by atoms with van der Waals surface area (Å²) in [6.45, 7) is 1.15. The first-order chi connectivity index (χ1) is 14.6. The van der Waals surface area contributed by atoms with Crippen LogP contribution in [-0.2, 0) is 0 Å². The van der Waals surface area contributed by atoms with Gasteiger partial charge in [-0.05, 0) is 43.2 Å². The van der Waals surface area contributed by atoms with Crippen LogP contribution in [0.2, 0.25) is 0 Å². The molecule has 156 valence electrons. The number of rotatable bonds is 5. The van der Waals surface area contributed by atoms with Crippen molar-refractivity contribution in [2.75, 3.05) is 27.3 Å². The average Bonchev–Trinajstić information content (AvgIpc) is 3.26. The molecule has 4 rings (SSSR count). The van der Waals surface area contributed by atoms with Gasteiger partial charge in [0.05, 0.1) is 31.6 Å². The van der Waals surface area contributed by atoms with Crippen LogP contribution < -0.4 is 14.8 Å². The topological polar surface area (TPSA) is 96.6 Å². The number of hydrogen-bond acceptors (Lipinski definition) is 5. The zero-order chi connectivity index (χ0) is 21.1. The number of benzene rings is 2. The van der Waals surface area contributed by atoms with Gasteiger partial charge in [0, 0.05) is 24.7 Å². The third kappa shape index (κ3) is 3.80. The van der Waals surface area contributed by atoms with Crippen molar-refractivity contribution in [2.45, 2.75) is 18.9 Å². The Bertz CT molecular complexity index is 1050. The molecule has 1 saturated heterocycles. The number of nitrogens with zero attached hydrogens (tertiary/aromatic N) is 2. The number of H-pyrrole nitrogens is 1. The van der Waals surface area contributed by atoms with E-state index in [1.54, 1.807) is 30.6 Å². The molecular weight excluding hydrogens is 384 g/mol. The first-order valence-electron chi connectivity index (χ1n) is 9.85. The minimum Gasteiger partial charge on any atom is -0.496 e. The Hall–Kier alpha value is -3.55. The lowest BCUT2D eigenvalue weighted by Crippen LogP contribution is -2.46. The lowest BCUT2D eigenvalue weighted by Gasteiger charge is -2.32. The zero-order valence-corrected chi connectivity index (χ0v) is 17.0. The molecule has 8 nitrogen and oxygen atoms in total. The predicted octanol–water partition coefficient (Wildman–Crippen LogP) is 2.61. The number of piperidine rings is 1. The van der Waals surface area contributed by atoms with Gasteiger partial charge in [-0.25, -0.2) is 4.98 Å². The quantitative estimate of drug-likeness (QED) is 0.677. The first kappa shape index (κ1) is 19.8. The van der Waals surface area contributed by atoms with Crippen molar-refractivity contribution in [3.8, 4) is 11.5 Å². The second kappa shape index (κ2) is 8.44. The number of carbonyl (C=O) groups excluding carboxylic acids is 2. The molecule has 0 unspecified atom stereocenters. The monoisotopic (exact) mass is 408 g/mol. The molecule has 1 aromatic heterocycles. The highest BCUT2D eigenvalue weighted by atomic mass is 16.5. The Labute approximate surface area is 174 Å². The number of fused-ring (bicyclic) bond motifs is 1. The van der Waals surface area contributed by atoms with E-state index in [4.69, 9.17) is 9.47 Å². The molecular formula is C22H24N4O4. The summed E-state index contributed by atoms with van der Waals surface area (Å²) in [6.07, 6.45) is 2.98. The molecule has 1 aliphatic heterocycles. The summed E-state index contributed by atoms with van der Waals surface area (Å²) < 4.78 is 10.6. The van der Waals surface area contributed by atoms with E-state index in [-0.39, 0.29) is 17.9 Å². The van der Waals surface area contributed by atoms with Crippen LogP contribution in [0.4, 0.5) is 0 Å². The van der Waals surface area contributed by atoms with Crippen molar-refractivity contribution in [3.63, 3.8) is 0 Å². The molecule has 0 bridgehead atoms. The van der Waals surface area contributed by atoms with Gasteiger partial charge in [-0.3, -0.25) is 9.59 Å². The van der Waals surface area contributed by atoms with Crippen LogP contribution in [0.1, 0.15) is 33.6 Å². The van der Waals surface area contributed by atoms with Gasteiger partial charge in [-0.2, -0.15) is 0 Å². The summed E-state index contributed by atoms with van der Waals surface area (Å²) in [5, 5.41) is 3.05. The van der Waals surface area contributed by atoms with Gasteiger partial charge < -0.3 is 24.7 Å². The molecule has 2 N–H and O–H groups in total. The number of methoxy groups -OCH3 is 2. The molecule has 2 aromatic carbocycles. The number of ether oxygens (including phenoxy) is 2. The van der Waals surface area contributed by atoms with Crippen LogP contribution in [0.15, 0.2) is 42.7 Å². The number of aromatic nitrogens is 2. The average molecular weight is 408 g/mol. The van der Waals surface area contributed by atoms with E-state index in [1.165, 1.54) is 14.2 Å². The molecule has 3 aromatic rings. The maximum absolute atomic E-state index is 12.9. The molecule has 2 amide bonds. The van der Waals surface area contributed by atoms with Gasteiger partial charge in [-0.1, -0.05) is 6.07 Å². The van der Waals surface area contributed by atoms with E-state index in [0.29, 0.717) is 48.6 Å². The number of likely N-dealkylation sites (tertiary alicyclic amines) is 1. The summed E-state index contributed by atoms with van der Waals surface area (Å²) in [5.41, 5.74) is 2.69. The van der Waals surface area contributed by atoms with Crippen molar-refractivity contribution >= 4 is 22.8 Å². The van der Waals surface area contributed by atoms with Gasteiger partial charge in [0.25, 0.3) is 11.8 Å². The van der Waals surface area contributed by atoms with E-state index in [9.17, 15) is 9.59 Å². The number of amides is 2. The number of hydrogen-bond donors (Lipinski definition) is 2. The van der Waals surface area contributed by atoms with Gasteiger partial charge in [-0.15, -0.1) is 0 Å². The zero-order valence-electron chi connectivity index (χ0n) is 17.0. The smallest absolute Gasteiger partial charge is 0.259 e. The number of nitrogens with one attached hydrogen (secondary N) is 2. The summed E-state index contributed by atoms with van der Waals surface area (Å²) in [7, 11) is 3.05. The molecule has 1 aliphatic rings. The van der Waals surface area contributed by atoms with Crippen LogP contribution in [0, 0.1) is 0 Å². The van der Waals surface area contributed by atoms with Gasteiger partial charge in [0.15, 0.2) is 0 Å². The minimum absolute atomic E-state index is 0.0114. The molecule has 30 heavy (non-hydrogen) atoms. The maximum Gasteiger partial charge on any atom is 0.259 e. The fourth-order valence-corrected chi connectivity index (χ4v) is 3.81. The van der Waals surface area contributed by atoms with E-state index in [0.717, 1.165) is 11.0 Å². The normalized spacial score (nSPS) is 14.5. The van der Waals surface area contributed by atoms with Crippen LogP contribution >= 0.6 is 0 Å². The molecule has 0 atom stereocenters. The predicted molar refractivity (Wildman–Crippen MR) is 112 cm³/mol. The Kier molecular flexibility index (Phi) is 5.56. The van der Waals surface area contributed by atoms with Crippen molar-refractivity contribution in [1.82, 2.24) is 20.2 Å². The highest BCUT2D eigenvalue weighted by molar-refractivity contribution is 6.00. The highest BCUT2D eigenvalue weighted by Gasteiger charge is 2.27. The van der Waals surface area contributed by atoms with Crippen molar-refractivity contribution in [3.05, 3.63) is 53.9 Å². The standard InChI is InChI=1S/C22H24N4O4/c1-29-18-4-3-5-19(30-2)20(18)21(27)25-15-8-10-26(11-9-15)22(28)14-6-7-16-17(12-14)24-13-23-16/h3-7,12-13,15H,8-11H2,1-2H3,(H,23,24)(H,25,27). The molecule has 1 fully saturated rings. The SMILES string of the molecule is COc1cccc(OC)c1C(=O)NC1CCN(C(=O)c2ccc3nc[nH]c3c2)CC1. The molecule has 2 heterocycles. The van der Waals surface area contributed by atoms with Crippen LogP contribution in [-0.4, -0.2) is 60.0 Å². The molecule has 8 heteroatoms. The summed E-state index contributed by atoms with van der Waals surface area (Å²) in [5.74, 6) is 0.684. The van der Waals surface area contributed by atoms with Crippen LogP contribution in [0.3, 0.4) is 0 Å². The van der Waals surface area contributed by atoms with Gasteiger partial charge >= 0.3 is 0 Å². The molecule has 0 saturated carbocycles. The third-order valence-corrected chi connectivity index (χ3v) is 5.44. The van der Waals surface area contributed by atoms with Gasteiger partial charge in [0.2, 0.25) is 0 Å². The van der Waals surface area contributed by atoms with E-state index in [1.807, 2.05) is 17.0 Å². The second-order valence-electron chi connectivity index (χ2n) is 7.21. The van der Waals surface area contributed by atoms with E-state index >= 15 is 0 Å². The fraction of sp³-hybridized carbons (Fsp3) is 0.318. The van der Waals surface area contributed by atoms with Crippen LogP contribution in [0.5, 0.6) is 11.5 Å². The largest absolute Gasteiger partial charge is 0.496 e. The minimum atomic E-state index is -0.237. The Morgan fingerprint density at radius 1 is 1.10 bits per heavy atom. The first-order valence-corrected chi connectivity index (χ1v) is 9.85. The summed E-state index contributed by atoms with van der Waals surface area (Å²) in [4.78, 5) is 34.7. The van der Waals surface area contributed by atoms with Crippen LogP contribution in [0.25, 0.3) is 11.0 Å². The van der Waals surface area contributed by atoms with Crippen molar-refractivity contribution < 1.29 is 19.1 Å². The molecule has 0 spiro atoms. The lowest BCUT2D eigenvalue weighted by atomic mass is 10.0. The number of carbonyl (C=O) groups is 2. The lowest BCUT2D eigenvalue weighted by molar-refractivity contribution is 0.0698. The van der Waals surface area contributed by atoms with E-state index < -0.39 is 0 Å². The Morgan fingerprint density at radius 2 is 1.80 bits per heavy atom. The molecule has 0 radical (unpaired) electrons. The summed E-state index contributed by atoms with van der Waals surface area (Å²) in [6, 6.07) is 10.7.